The van der Waals surface area contributed by atoms with Gasteiger partial charge in [-0.05, 0) is 6.42 Å². The molecule has 2 N–H and O–H groups in total. The van der Waals surface area contributed by atoms with Crippen LogP contribution < -0.4 is 0 Å². The van der Waals surface area contributed by atoms with Crippen LogP contribution in [-0.2, 0) is 9.59 Å². The van der Waals surface area contributed by atoms with Gasteiger partial charge in [-0.1, -0.05) is 6.58 Å². The van der Waals surface area contributed by atoms with Gasteiger partial charge in [0.05, 0.1) is 0 Å². The Kier molecular flexibility index (Phi) is 8.16. The molecule has 0 saturated heterocycles. The molecule has 4 nitrogen and oxygen atoms in total. The summed E-state index contributed by atoms with van der Waals surface area (Å²) in [5, 5.41) is 16.3. The summed E-state index contributed by atoms with van der Waals surface area (Å²) in [7, 11) is 0. The number of rotatable bonds is 4. The number of aliphatic carboxylic acids is 2. The molecule has 0 atom stereocenters. The van der Waals surface area contributed by atoms with Gasteiger partial charge in [0.2, 0.25) is 0 Å². The van der Waals surface area contributed by atoms with Crippen LogP contribution in [0.3, 0.4) is 0 Å². The second-order valence-electron chi connectivity index (χ2n) is 1.80. The van der Waals surface area contributed by atoms with Crippen LogP contribution in [0.4, 0.5) is 0 Å². The van der Waals surface area contributed by atoms with Crippen molar-refractivity contribution in [2.24, 2.45) is 0 Å². The summed E-state index contributed by atoms with van der Waals surface area (Å²) in [5.74, 6) is -2.15. The second kappa shape index (κ2) is 6.64. The van der Waals surface area contributed by atoms with Gasteiger partial charge in [-0.15, -0.1) is 0 Å². The van der Waals surface area contributed by atoms with Gasteiger partial charge in [0.15, 0.2) is 0 Å². The molecule has 0 fully saturated rings. The van der Waals surface area contributed by atoms with Gasteiger partial charge in [0.25, 0.3) is 0 Å². The van der Waals surface area contributed by atoms with Crippen LogP contribution >= 0.6 is 0 Å². The summed E-state index contributed by atoms with van der Waals surface area (Å²) in [6.45, 7) is 3.16. The summed E-state index contributed by atoms with van der Waals surface area (Å²) in [6.07, 6.45) is -0.171. The van der Waals surface area contributed by atoms with Crippen LogP contribution in [0.25, 0.3) is 0 Å². The Balaban J connectivity index is 0. The van der Waals surface area contributed by atoms with Crippen molar-refractivity contribution in [1.82, 2.24) is 0 Å². The molecule has 0 rings (SSSR count). The van der Waals surface area contributed by atoms with Crippen molar-refractivity contribution < 1.29 is 19.8 Å². The number of carbonyl (C=O) groups is 2. The van der Waals surface area contributed by atoms with Crippen LogP contribution in [0.2, 0.25) is 0 Å². The van der Waals surface area contributed by atoms with Crippen LogP contribution in [0.15, 0.2) is 12.2 Å². The molecule has 0 aromatic rings. The molecule has 0 spiro atoms. The van der Waals surface area contributed by atoms with E-state index in [9.17, 15) is 9.59 Å². The first-order valence-electron chi connectivity index (χ1n) is 2.67. The summed E-state index contributed by atoms with van der Waals surface area (Å²) < 4.78 is 0. The molecule has 0 aromatic carbocycles. The quantitative estimate of drug-likeness (QED) is 0.461. The van der Waals surface area contributed by atoms with E-state index < -0.39 is 11.9 Å². The molecule has 0 aliphatic rings. The molecule has 0 saturated carbocycles. The minimum absolute atomic E-state index is 0. The molecule has 0 heterocycles. The fourth-order valence-electron chi connectivity index (χ4n) is 0.365. The van der Waals surface area contributed by atoms with Crippen LogP contribution in [0.5, 0.6) is 0 Å². The van der Waals surface area contributed by atoms with Crippen molar-refractivity contribution in [3.63, 3.8) is 0 Å². The zero-order valence-electron chi connectivity index (χ0n) is 5.33. The molecule has 0 unspecified atom stereocenters. The Hall–Kier alpha value is -0.0603. The van der Waals surface area contributed by atoms with E-state index in [2.05, 4.69) is 6.58 Å². The number of hydrogen-bond acceptors (Lipinski definition) is 2. The van der Waals surface area contributed by atoms with E-state index in [1.807, 2.05) is 0 Å². The Morgan fingerprint density at radius 1 is 1.18 bits per heavy atom. The molecule has 5 heteroatoms. The molecule has 60 valence electrons. The van der Waals surface area contributed by atoms with E-state index in [1.165, 1.54) is 0 Å². The van der Waals surface area contributed by atoms with E-state index in [1.54, 1.807) is 0 Å². The third-order valence-electron chi connectivity index (χ3n) is 0.943. The molecular weight excluding hydrogens is 176 g/mol. The van der Waals surface area contributed by atoms with Crippen LogP contribution in [-0.4, -0.2) is 59.9 Å². The fourth-order valence-corrected chi connectivity index (χ4v) is 0.365. The fraction of sp³-hybridized carbons (Fsp3) is 0.333. The van der Waals surface area contributed by atoms with Gasteiger partial charge < -0.3 is 10.2 Å². The maximum atomic E-state index is 10.0. The van der Waals surface area contributed by atoms with Gasteiger partial charge in [0.1, 0.15) is 0 Å². The van der Waals surface area contributed by atoms with Crippen LogP contribution in [0, 0.1) is 0 Å². The Morgan fingerprint density at radius 3 is 1.91 bits per heavy atom. The van der Waals surface area contributed by atoms with Crippen molar-refractivity contribution in [3.05, 3.63) is 12.2 Å². The molecule has 0 amide bonds. The van der Waals surface area contributed by atoms with Crippen molar-refractivity contribution in [3.8, 4) is 0 Å². The van der Waals surface area contributed by atoms with E-state index in [0.717, 1.165) is 0 Å². The third kappa shape index (κ3) is 7.84. The zero-order valence-corrected chi connectivity index (χ0v) is 5.33. The summed E-state index contributed by atoms with van der Waals surface area (Å²) in [6, 6.07) is 0. The van der Waals surface area contributed by atoms with Gasteiger partial charge in [-0.3, -0.25) is 4.79 Å². The third-order valence-corrected chi connectivity index (χ3v) is 0.943. The summed E-state index contributed by atoms with van der Waals surface area (Å²) in [5.41, 5.74) is -0.0672. The second-order valence-corrected chi connectivity index (χ2v) is 1.80. The van der Waals surface area contributed by atoms with E-state index in [-0.39, 0.29) is 56.2 Å². The predicted octanol–water partition coefficient (Wildman–Crippen LogP) is -0.424. The van der Waals surface area contributed by atoms with Crippen molar-refractivity contribution in [1.29, 1.82) is 0 Å². The van der Waals surface area contributed by atoms with Gasteiger partial charge in [-0.25, -0.2) is 4.79 Å². The standard InChI is InChI=1S/C6H8O4.Ca.2H/c1-4(6(9)10)2-3-5(7)8;;;/h1-3H2,(H,7,8)(H,9,10);;;. The SMILES string of the molecule is C=C(CCC(=O)O)C(=O)O.[CaH2]. The normalized spacial score (nSPS) is 8.00. The molecule has 0 aliphatic heterocycles. The molecule has 0 bridgehead atoms. The van der Waals surface area contributed by atoms with Crippen molar-refractivity contribution >= 4 is 49.7 Å². The Bertz CT molecular complexity index is 175. The van der Waals surface area contributed by atoms with Crippen LogP contribution in [0.1, 0.15) is 12.8 Å². The van der Waals surface area contributed by atoms with Gasteiger partial charge in [0, 0.05) is 12.0 Å². The molecule has 0 aromatic heterocycles. The summed E-state index contributed by atoms with van der Waals surface area (Å²) in [4.78, 5) is 19.9. The zero-order chi connectivity index (χ0) is 8.15. The van der Waals surface area contributed by atoms with Gasteiger partial charge >= 0.3 is 49.7 Å². The van der Waals surface area contributed by atoms with Crippen molar-refractivity contribution in [2.45, 2.75) is 12.8 Å². The molecular formula is C6H10CaO4. The number of hydrogen-bond donors (Lipinski definition) is 2. The maximum absolute atomic E-state index is 10.0. The van der Waals surface area contributed by atoms with E-state index in [4.69, 9.17) is 10.2 Å². The average Bonchev–Trinajstić information content (AvgIpc) is 1.82. The first-order chi connectivity index (χ1) is 4.54. The topological polar surface area (TPSA) is 74.6 Å². The van der Waals surface area contributed by atoms with E-state index >= 15 is 0 Å². The first kappa shape index (κ1) is 13.5. The monoisotopic (exact) mass is 186 g/mol. The molecule has 11 heavy (non-hydrogen) atoms. The molecule has 0 radical (unpaired) electrons. The van der Waals surface area contributed by atoms with Crippen molar-refractivity contribution in [2.75, 3.05) is 0 Å². The van der Waals surface area contributed by atoms with Gasteiger partial charge in [-0.2, -0.15) is 0 Å². The predicted molar refractivity (Wildman–Crippen MR) is 42.2 cm³/mol. The number of carboxylic acid groups (broad SMARTS) is 2. The Morgan fingerprint density at radius 2 is 1.64 bits per heavy atom. The Labute approximate surface area is 93.9 Å². The minimum atomic E-state index is -1.14. The number of carboxylic acids is 2. The van der Waals surface area contributed by atoms with E-state index in [0.29, 0.717) is 0 Å². The summed E-state index contributed by atoms with van der Waals surface area (Å²) >= 11 is 0. The molecule has 0 aliphatic carbocycles. The average molecular weight is 186 g/mol. The first-order valence-corrected chi connectivity index (χ1v) is 2.67.